The molecule has 0 aliphatic carbocycles. The molecule has 2 aliphatic heterocycles. The molecule has 2 N–H and O–H groups in total. The van der Waals surface area contributed by atoms with Crippen LogP contribution in [0.3, 0.4) is 0 Å². The molecule has 1 amide bonds. The summed E-state index contributed by atoms with van der Waals surface area (Å²) in [5.74, 6) is 0.383. The number of aliphatic hydroxyl groups is 1. The second-order valence-corrected chi connectivity index (χ2v) is 6.05. The zero-order valence-corrected chi connectivity index (χ0v) is 12.0. The molecule has 110 valence electrons. The first-order chi connectivity index (χ1) is 9.09. The molecule has 0 aromatic heterocycles. The summed E-state index contributed by atoms with van der Waals surface area (Å²) < 4.78 is 5.32. The van der Waals surface area contributed by atoms with E-state index in [-0.39, 0.29) is 23.3 Å². The molecule has 5 heteroatoms. The Bertz CT molecular complexity index is 310. The van der Waals surface area contributed by atoms with Gasteiger partial charge in [0.2, 0.25) is 5.91 Å². The molecule has 0 aromatic carbocycles. The van der Waals surface area contributed by atoms with Crippen LogP contribution in [0.1, 0.15) is 26.2 Å². The van der Waals surface area contributed by atoms with Gasteiger partial charge in [0.15, 0.2) is 0 Å². The second kappa shape index (κ2) is 6.20. The fourth-order valence-electron chi connectivity index (χ4n) is 3.25. The van der Waals surface area contributed by atoms with Crippen molar-refractivity contribution in [3.05, 3.63) is 0 Å². The van der Waals surface area contributed by atoms with Crippen LogP contribution in [-0.2, 0) is 9.53 Å². The van der Waals surface area contributed by atoms with E-state index in [1.54, 1.807) is 7.11 Å². The molecule has 0 aromatic rings. The molecule has 2 unspecified atom stereocenters. The molecule has 2 atom stereocenters. The van der Waals surface area contributed by atoms with E-state index in [0.717, 1.165) is 25.9 Å². The zero-order chi connectivity index (χ0) is 13.9. The van der Waals surface area contributed by atoms with Crippen molar-refractivity contribution in [1.82, 2.24) is 10.2 Å². The summed E-state index contributed by atoms with van der Waals surface area (Å²) in [4.78, 5) is 14.8. The highest BCUT2D eigenvalue weighted by molar-refractivity contribution is 5.83. The first-order valence-corrected chi connectivity index (χ1v) is 7.26. The summed E-state index contributed by atoms with van der Waals surface area (Å²) in [5.41, 5.74) is -0.359. The van der Waals surface area contributed by atoms with Crippen molar-refractivity contribution in [3.8, 4) is 0 Å². The summed E-state index contributed by atoms with van der Waals surface area (Å²) in [6, 6.07) is 0. The Morgan fingerprint density at radius 3 is 2.74 bits per heavy atom. The molecular weight excluding hydrogens is 244 g/mol. The van der Waals surface area contributed by atoms with Crippen LogP contribution < -0.4 is 5.32 Å². The standard InChI is InChI=1S/C14H26N2O3/c1-11-9-16(8-3-12(11)17)13(18)14(10-19-2)4-6-15-7-5-14/h11-12,15,17H,3-10H2,1-2H3. The molecule has 0 bridgehead atoms. The summed E-state index contributed by atoms with van der Waals surface area (Å²) >= 11 is 0. The molecule has 0 saturated carbocycles. The number of hydrogen-bond acceptors (Lipinski definition) is 4. The SMILES string of the molecule is COCC1(C(=O)N2CCC(O)C(C)C2)CCNCC1. The third kappa shape index (κ3) is 3.09. The van der Waals surface area contributed by atoms with Gasteiger partial charge in [-0.15, -0.1) is 0 Å². The smallest absolute Gasteiger partial charge is 0.231 e. The topological polar surface area (TPSA) is 61.8 Å². The summed E-state index contributed by atoms with van der Waals surface area (Å²) in [6.45, 7) is 5.60. The Hall–Kier alpha value is -0.650. The number of carbonyl (C=O) groups is 1. The largest absolute Gasteiger partial charge is 0.393 e. The van der Waals surface area contributed by atoms with Gasteiger partial charge >= 0.3 is 0 Å². The number of amides is 1. The summed E-state index contributed by atoms with van der Waals surface area (Å²) in [6.07, 6.45) is 2.10. The number of rotatable bonds is 3. The summed E-state index contributed by atoms with van der Waals surface area (Å²) in [7, 11) is 1.67. The Labute approximate surface area is 115 Å². The highest BCUT2D eigenvalue weighted by Gasteiger charge is 2.43. The van der Waals surface area contributed by atoms with Gasteiger partial charge < -0.3 is 20.1 Å². The fourth-order valence-corrected chi connectivity index (χ4v) is 3.25. The van der Waals surface area contributed by atoms with Gasteiger partial charge in [-0.2, -0.15) is 0 Å². The number of likely N-dealkylation sites (tertiary alicyclic amines) is 1. The van der Waals surface area contributed by atoms with Crippen LogP contribution in [0.5, 0.6) is 0 Å². The van der Waals surface area contributed by atoms with E-state index < -0.39 is 0 Å². The number of carbonyl (C=O) groups excluding carboxylic acids is 1. The number of nitrogens with zero attached hydrogens (tertiary/aromatic N) is 1. The maximum absolute atomic E-state index is 12.9. The van der Waals surface area contributed by atoms with Crippen LogP contribution in [-0.4, -0.2) is 61.9 Å². The third-order valence-corrected chi connectivity index (χ3v) is 4.58. The Kier molecular flexibility index (Phi) is 4.81. The van der Waals surface area contributed by atoms with Gasteiger partial charge in [0.1, 0.15) is 0 Å². The molecule has 5 nitrogen and oxygen atoms in total. The monoisotopic (exact) mass is 270 g/mol. The van der Waals surface area contributed by atoms with Crippen molar-refractivity contribution in [2.75, 3.05) is 39.9 Å². The predicted octanol–water partition coefficient (Wildman–Crippen LogP) is 0.232. The van der Waals surface area contributed by atoms with Gasteiger partial charge in [-0.05, 0) is 38.3 Å². The number of aliphatic hydroxyl groups excluding tert-OH is 1. The van der Waals surface area contributed by atoms with Gasteiger partial charge in [0.25, 0.3) is 0 Å². The highest BCUT2D eigenvalue weighted by Crippen LogP contribution is 2.33. The first kappa shape index (κ1) is 14.8. The van der Waals surface area contributed by atoms with E-state index >= 15 is 0 Å². The molecule has 2 aliphatic rings. The molecular formula is C14H26N2O3. The van der Waals surface area contributed by atoms with E-state index in [0.29, 0.717) is 26.1 Å². The minimum atomic E-state index is -0.359. The number of nitrogens with one attached hydrogen (secondary N) is 1. The lowest BCUT2D eigenvalue weighted by Gasteiger charge is -2.43. The van der Waals surface area contributed by atoms with Crippen molar-refractivity contribution in [1.29, 1.82) is 0 Å². The fraction of sp³-hybridized carbons (Fsp3) is 0.929. The Morgan fingerprint density at radius 1 is 1.47 bits per heavy atom. The van der Waals surface area contributed by atoms with Crippen molar-refractivity contribution >= 4 is 5.91 Å². The van der Waals surface area contributed by atoms with Crippen LogP contribution in [0, 0.1) is 11.3 Å². The molecule has 2 fully saturated rings. The van der Waals surface area contributed by atoms with Gasteiger partial charge in [-0.3, -0.25) is 4.79 Å². The third-order valence-electron chi connectivity index (χ3n) is 4.58. The zero-order valence-electron chi connectivity index (χ0n) is 12.0. The average molecular weight is 270 g/mol. The molecule has 0 spiro atoms. The quantitative estimate of drug-likeness (QED) is 0.771. The van der Waals surface area contributed by atoms with Crippen molar-refractivity contribution < 1.29 is 14.6 Å². The maximum atomic E-state index is 12.9. The molecule has 0 radical (unpaired) electrons. The lowest BCUT2D eigenvalue weighted by molar-refractivity contribution is -0.151. The Morgan fingerprint density at radius 2 is 2.16 bits per heavy atom. The van der Waals surface area contributed by atoms with Crippen molar-refractivity contribution in [2.45, 2.75) is 32.3 Å². The first-order valence-electron chi connectivity index (χ1n) is 7.26. The molecule has 2 heterocycles. The van der Waals surface area contributed by atoms with E-state index in [4.69, 9.17) is 4.74 Å². The number of piperidine rings is 2. The normalized spacial score (nSPS) is 31.2. The number of hydrogen-bond donors (Lipinski definition) is 2. The van der Waals surface area contributed by atoms with Crippen LogP contribution in [0.25, 0.3) is 0 Å². The Balaban J connectivity index is 2.06. The van der Waals surface area contributed by atoms with Crippen molar-refractivity contribution in [3.63, 3.8) is 0 Å². The van der Waals surface area contributed by atoms with E-state index in [1.165, 1.54) is 0 Å². The van der Waals surface area contributed by atoms with Crippen LogP contribution in [0.15, 0.2) is 0 Å². The van der Waals surface area contributed by atoms with Gasteiger partial charge in [-0.1, -0.05) is 6.92 Å². The van der Waals surface area contributed by atoms with Gasteiger partial charge in [0, 0.05) is 20.2 Å². The number of ether oxygens (including phenoxy) is 1. The molecule has 2 rings (SSSR count). The van der Waals surface area contributed by atoms with E-state index in [1.807, 2.05) is 11.8 Å². The minimum Gasteiger partial charge on any atom is -0.393 e. The van der Waals surface area contributed by atoms with Crippen LogP contribution in [0.4, 0.5) is 0 Å². The van der Waals surface area contributed by atoms with Crippen LogP contribution >= 0.6 is 0 Å². The average Bonchev–Trinajstić information content (AvgIpc) is 2.42. The van der Waals surface area contributed by atoms with E-state index in [2.05, 4.69) is 5.32 Å². The van der Waals surface area contributed by atoms with Gasteiger partial charge in [-0.25, -0.2) is 0 Å². The summed E-state index contributed by atoms with van der Waals surface area (Å²) in [5, 5.41) is 13.1. The molecule has 19 heavy (non-hydrogen) atoms. The maximum Gasteiger partial charge on any atom is 0.231 e. The highest BCUT2D eigenvalue weighted by atomic mass is 16.5. The van der Waals surface area contributed by atoms with Crippen molar-refractivity contribution in [2.24, 2.45) is 11.3 Å². The lowest BCUT2D eigenvalue weighted by atomic mass is 9.77. The second-order valence-electron chi connectivity index (χ2n) is 6.05. The van der Waals surface area contributed by atoms with Crippen LogP contribution in [0.2, 0.25) is 0 Å². The lowest BCUT2D eigenvalue weighted by Crippen LogP contribution is -2.55. The molecule has 2 saturated heterocycles. The number of methoxy groups -OCH3 is 1. The van der Waals surface area contributed by atoms with E-state index in [9.17, 15) is 9.90 Å². The van der Waals surface area contributed by atoms with Gasteiger partial charge in [0.05, 0.1) is 18.1 Å². The predicted molar refractivity (Wildman–Crippen MR) is 72.8 cm³/mol. The minimum absolute atomic E-state index is 0.166.